The Morgan fingerprint density at radius 1 is 0.846 bits per heavy atom. The van der Waals surface area contributed by atoms with Crippen LogP contribution in [0.3, 0.4) is 0 Å². The number of amides is 1. The van der Waals surface area contributed by atoms with Crippen LogP contribution in [0.1, 0.15) is 11.7 Å². The van der Waals surface area contributed by atoms with Crippen LogP contribution in [-0.4, -0.2) is 6.09 Å². The molecule has 0 bridgehead atoms. The minimum atomic E-state index is -0.577. The first kappa shape index (κ1) is 16.4. The van der Waals surface area contributed by atoms with E-state index in [0.29, 0.717) is 16.4 Å². The standard InChI is InChI=1S/C20H14ClFN2O2/c21-15-8-12-17(13-9-15)23-19(14-6-10-16(22)11-7-14)24(26-20(23)25)18-4-2-1-3-5-18/h1-13,19H/t19-/m1/s1. The molecule has 0 N–H and O–H groups in total. The summed E-state index contributed by atoms with van der Waals surface area (Å²) in [4.78, 5) is 19.7. The molecule has 4 rings (SSSR count). The predicted octanol–water partition coefficient (Wildman–Crippen LogP) is 5.56. The number of carbonyl (C=O) groups is 1. The van der Waals surface area contributed by atoms with E-state index in [2.05, 4.69) is 0 Å². The van der Waals surface area contributed by atoms with E-state index in [1.165, 1.54) is 22.1 Å². The number of rotatable bonds is 3. The van der Waals surface area contributed by atoms with E-state index in [1.54, 1.807) is 36.4 Å². The first-order valence-corrected chi connectivity index (χ1v) is 8.38. The molecule has 26 heavy (non-hydrogen) atoms. The molecule has 0 unspecified atom stereocenters. The largest absolute Gasteiger partial charge is 0.440 e. The third-order valence-electron chi connectivity index (χ3n) is 4.12. The monoisotopic (exact) mass is 368 g/mol. The van der Waals surface area contributed by atoms with Gasteiger partial charge >= 0.3 is 6.09 Å². The van der Waals surface area contributed by atoms with E-state index in [0.717, 1.165) is 5.56 Å². The second kappa shape index (κ2) is 6.69. The van der Waals surface area contributed by atoms with Crippen LogP contribution in [0, 0.1) is 5.82 Å². The Labute approximate surface area is 154 Å². The molecule has 1 amide bonds. The highest BCUT2D eigenvalue weighted by Gasteiger charge is 2.42. The van der Waals surface area contributed by atoms with Crippen molar-refractivity contribution in [1.29, 1.82) is 0 Å². The highest BCUT2D eigenvalue weighted by Crippen LogP contribution is 2.39. The van der Waals surface area contributed by atoms with Crippen molar-refractivity contribution in [2.75, 3.05) is 9.96 Å². The number of nitrogens with zero attached hydrogens (tertiary/aromatic N) is 2. The smallest absolute Gasteiger partial charge is 0.319 e. The van der Waals surface area contributed by atoms with Crippen LogP contribution in [0.5, 0.6) is 0 Å². The van der Waals surface area contributed by atoms with Gasteiger partial charge in [0, 0.05) is 10.7 Å². The van der Waals surface area contributed by atoms with Gasteiger partial charge in [-0.2, -0.15) is 5.06 Å². The minimum absolute atomic E-state index is 0.344. The lowest BCUT2D eigenvalue weighted by Crippen LogP contribution is -2.31. The number of carbonyl (C=O) groups excluding carboxylic acids is 1. The number of para-hydroxylation sites is 1. The van der Waals surface area contributed by atoms with E-state index in [1.807, 2.05) is 30.3 Å². The Balaban J connectivity index is 1.82. The summed E-state index contributed by atoms with van der Waals surface area (Å²) in [6.45, 7) is 0. The van der Waals surface area contributed by atoms with Gasteiger partial charge in [0.25, 0.3) is 0 Å². The molecule has 3 aromatic rings. The molecule has 6 heteroatoms. The number of halogens is 2. The molecule has 3 aromatic carbocycles. The molecule has 0 spiro atoms. The molecule has 0 aliphatic carbocycles. The first-order valence-electron chi connectivity index (χ1n) is 8.00. The maximum absolute atomic E-state index is 13.4. The SMILES string of the molecule is O=C1ON(c2ccccc2)[C@H](c2ccc(F)cc2)N1c1ccc(Cl)cc1. The lowest BCUT2D eigenvalue weighted by molar-refractivity contribution is 0.164. The molecule has 1 atom stereocenters. The number of hydrogen-bond donors (Lipinski definition) is 0. The first-order chi connectivity index (χ1) is 12.6. The molecule has 0 aromatic heterocycles. The maximum Gasteiger partial charge on any atom is 0.440 e. The second-order valence-corrected chi connectivity index (χ2v) is 6.23. The number of hydrogen-bond acceptors (Lipinski definition) is 3. The molecule has 1 saturated heterocycles. The van der Waals surface area contributed by atoms with Gasteiger partial charge in [0.2, 0.25) is 0 Å². The van der Waals surface area contributed by atoms with Gasteiger partial charge in [-0.25, -0.2) is 14.1 Å². The number of hydroxylamine groups is 1. The van der Waals surface area contributed by atoms with Crippen LogP contribution < -0.4 is 9.96 Å². The summed E-state index contributed by atoms with van der Waals surface area (Å²) in [6, 6.07) is 22.2. The van der Waals surface area contributed by atoms with Gasteiger partial charge in [0.15, 0.2) is 6.17 Å². The quantitative estimate of drug-likeness (QED) is 0.607. The average Bonchev–Trinajstić information content (AvgIpc) is 3.01. The van der Waals surface area contributed by atoms with Gasteiger partial charge in [-0.05, 0) is 54.1 Å². The summed E-state index contributed by atoms with van der Waals surface area (Å²) >= 11 is 5.96. The van der Waals surface area contributed by atoms with Gasteiger partial charge < -0.3 is 4.84 Å². The van der Waals surface area contributed by atoms with E-state index >= 15 is 0 Å². The van der Waals surface area contributed by atoms with Crippen molar-refractivity contribution in [3.05, 3.63) is 95.3 Å². The van der Waals surface area contributed by atoms with Gasteiger partial charge in [-0.1, -0.05) is 41.9 Å². The highest BCUT2D eigenvalue weighted by atomic mass is 35.5. The van der Waals surface area contributed by atoms with Gasteiger partial charge in [0.05, 0.1) is 5.69 Å². The Bertz CT molecular complexity index is 917. The predicted molar refractivity (Wildman–Crippen MR) is 98.5 cm³/mol. The van der Waals surface area contributed by atoms with Crippen LogP contribution in [0.25, 0.3) is 0 Å². The molecule has 1 aliphatic heterocycles. The second-order valence-electron chi connectivity index (χ2n) is 5.79. The molecule has 4 nitrogen and oxygen atoms in total. The molecular formula is C20H14ClFN2O2. The van der Waals surface area contributed by atoms with Crippen molar-refractivity contribution in [2.24, 2.45) is 0 Å². The zero-order valence-electron chi connectivity index (χ0n) is 13.5. The summed E-state index contributed by atoms with van der Waals surface area (Å²) in [5, 5.41) is 2.09. The van der Waals surface area contributed by atoms with Crippen LogP contribution in [0.4, 0.5) is 20.6 Å². The maximum atomic E-state index is 13.4. The van der Waals surface area contributed by atoms with Crippen LogP contribution >= 0.6 is 11.6 Å². The van der Waals surface area contributed by atoms with Crippen LogP contribution in [0.2, 0.25) is 5.02 Å². The molecule has 1 fully saturated rings. The molecule has 1 heterocycles. The van der Waals surface area contributed by atoms with Crippen molar-refractivity contribution in [3.8, 4) is 0 Å². The van der Waals surface area contributed by atoms with Crippen molar-refractivity contribution in [3.63, 3.8) is 0 Å². The van der Waals surface area contributed by atoms with E-state index in [4.69, 9.17) is 16.4 Å². The Hall–Kier alpha value is -3.05. The van der Waals surface area contributed by atoms with Gasteiger partial charge in [-0.15, -0.1) is 0 Å². The van der Waals surface area contributed by atoms with Crippen molar-refractivity contribution in [1.82, 2.24) is 0 Å². The highest BCUT2D eigenvalue weighted by molar-refractivity contribution is 6.30. The zero-order chi connectivity index (χ0) is 18.1. The fraction of sp³-hybridized carbons (Fsp3) is 0.0500. The molecule has 0 radical (unpaired) electrons. The third-order valence-corrected chi connectivity index (χ3v) is 4.38. The lowest BCUT2D eigenvalue weighted by atomic mass is 10.1. The molecule has 130 valence electrons. The summed E-state index contributed by atoms with van der Waals surface area (Å²) in [5.74, 6) is -0.344. The summed E-state index contributed by atoms with van der Waals surface area (Å²) in [7, 11) is 0. The van der Waals surface area contributed by atoms with Crippen molar-refractivity contribution in [2.45, 2.75) is 6.17 Å². The van der Waals surface area contributed by atoms with Crippen LogP contribution in [-0.2, 0) is 4.84 Å². The van der Waals surface area contributed by atoms with Gasteiger partial charge in [-0.3, -0.25) is 0 Å². The zero-order valence-corrected chi connectivity index (χ0v) is 14.3. The van der Waals surface area contributed by atoms with Crippen molar-refractivity contribution < 1.29 is 14.0 Å². The van der Waals surface area contributed by atoms with Crippen LogP contribution in [0.15, 0.2) is 78.9 Å². The molecule has 1 aliphatic rings. The summed E-state index contributed by atoms with van der Waals surface area (Å²) < 4.78 is 13.4. The lowest BCUT2D eigenvalue weighted by Gasteiger charge is -2.27. The Kier molecular flexibility index (Phi) is 4.22. The Morgan fingerprint density at radius 3 is 2.15 bits per heavy atom. The number of anilines is 2. The number of benzene rings is 3. The van der Waals surface area contributed by atoms with E-state index in [-0.39, 0.29) is 5.82 Å². The fourth-order valence-corrected chi connectivity index (χ4v) is 3.05. The minimum Gasteiger partial charge on any atom is -0.319 e. The third kappa shape index (κ3) is 2.97. The normalized spacial score (nSPS) is 16.7. The Morgan fingerprint density at radius 2 is 1.50 bits per heavy atom. The van der Waals surface area contributed by atoms with E-state index in [9.17, 15) is 9.18 Å². The summed E-state index contributed by atoms with van der Waals surface area (Å²) in [5.41, 5.74) is 2.06. The molecule has 0 saturated carbocycles. The van der Waals surface area contributed by atoms with Crippen molar-refractivity contribution >= 4 is 29.1 Å². The van der Waals surface area contributed by atoms with E-state index < -0.39 is 12.3 Å². The summed E-state index contributed by atoms with van der Waals surface area (Å²) in [6.07, 6.45) is -1.10. The van der Waals surface area contributed by atoms with Gasteiger partial charge in [0.1, 0.15) is 5.82 Å². The molecular weight excluding hydrogens is 355 g/mol. The average molecular weight is 369 g/mol. The fourth-order valence-electron chi connectivity index (χ4n) is 2.92. The topological polar surface area (TPSA) is 32.8 Å².